The largest absolute Gasteiger partial charge is 0.307 e. The molecule has 1 heterocycles. The van der Waals surface area contributed by atoms with Crippen molar-refractivity contribution in [3.63, 3.8) is 0 Å². The van der Waals surface area contributed by atoms with E-state index in [4.69, 9.17) is 0 Å². The maximum Gasteiger partial charge on any atom is 0.123 e. The van der Waals surface area contributed by atoms with E-state index in [1.165, 1.54) is 12.0 Å². The van der Waals surface area contributed by atoms with E-state index in [1.54, 1.807) is 12.1 Å². The zero-order valence-electron chi connectivity index (χ0n) is 10.3. The van der Waals surface area contributed by atoms with E-state index in [-0.39, 0.29) is 11.4 Å². The van der Waals surface area contributed by atoms with Crippen LogP contribution in [0.15, 0.2) is 18.2 Å². The van der Waals surface area contributed by atoms with Crippen LogP contribution in [0.3, 0.4) is 0 Å². The fraction of sp³-hybridized carbons (Fsp3) is 0.571. The molecular formula is C14H20FN. The number of benzene rings is 1. The van der Waals surface area contributed by atoms with Crippen molar-refractivity contribution >= 4 is 0 Å². The van der Waals surface area contributed by atoms with Crippen molar-refractivity contribution in [2.45, 2.75) is 39.2 Å². The van der Waals surface area contributed by atoms with Crippen LogP contribution in [0.5, 0.6) is 0 Å². The predicted molar refractivity (Wildman–Crippen MR) is 64.9 cm³/mol. The first-order chi connectivity index (χ1) is 7.56. The van der Waals surface area contributed by atoms with Gasteiger partial charge < -0.3 is 5.32 Å². The molecule has 16 heavy (non-hydrogen) atoms. The highest BCUT2D eigenvalue weighted by Crippen LogP contribution is 2.39. The van der Waals surface area contributed by atoms with Gasteiger partial charge in [-0.25, -0.2) is 4.39 Å². The Labute approximate surface area is 97.1 Å². The van der Waals surface area contributed by atoms with Crippen LogP contribution >= 0.6 is 0 Å². The van der Waals surface area contributed by atoms with Crippen LogP contribution in [-0.2, 0) is 5.54 Å². The molecule has 1 aromatic rings. The highest BCUT2D eigenvalue weighted by atomic mass is 19.1. The van der Waals surface area contributed by atoms with Crippen molar-refractivity contribution < 1.29 is 4.39 Å². The number of hydrogen-bond acceptors (Lipinski definition) is 1. The Hall–Kier alpha value is -0.890. The lowest BCUT2D eigenvalue weighted by atomic mass is 9.77. The lowest BCUT2D eigenvalue weighted by molar-refractivity contribution is 0.275. The fourth-order valence-electron chi connectivity index (χ4n) is 2.93. The van der Waals surface area contributed by atoms with Gasteiger partial charge in [-0.05, 0) is 55.5 Å². The van der Waals surface area contributed by atoms with E-state index in [2.05, 4.69) is 19.2 Å². The summed E-state index contributed by atoms with van der Waals surface area (Å²) >= 11 is 0. The zero-order chi connectivity index (χ0) is 11.8. The lowest BCUT2D eigenvalue weighted by Gasteiger charge is -2.36. The van der Waals surface area contributed by atoms with Crippen molar-refractivity contribution in [3.05, 3.63) is 35.1 Å². The van der Waals surface area contributed by atoms with Crippen LogP contribution in [0.2, 0.25) is 0 Å². The Morgan fingerprint density at radius 3 is 2.62 bits per heavy atom. The molecule has 88 valence electrons. The average molecular weight is 221 g/mol. The normalized spacial score (nSPS) is 25.3. The maximum atomic E-state index is 13.1. The summed E-state index contributed by atoms with van der Waals surface area (Å²) in [4.78, 5) is 0. The summed E-state index contributed by atoms with van der Waals surface area (Å²) in [6, 6.07) is 5.16. The van der Waals surface area contributed by atoms with Crippen molar-refractivity contribution in [1.82, 2.24) is 5.32 Å². The Kier molecular flexibility index (Phi) is 3.02. The summed E-state index contributed by atoms with van der Waals surface area (Å²) < 4.78 is 13.1. The Balaban J connectivity index is 2.47. The molecule has 0 spiro atoms. The molecule has 2 heteroatoms. The molecule has 2 rings (SSSR count). The van der Waals surface area contributed by atoms with Crippen LogP contribution in [0.25, 0.3) is 0 Å². The van der Waals surface area contributed by atoms with Crippen molar-refractivity contribution in [2.24, 2.45) is 5.92 Å². The van der Waals surface area contributed by atoms with Crippen LogP contribution in [-0.4, -0.2) is 6.54 Å². The Bertz CT molecular complexity index is 378. The van der Waals surface area contributed by atoms with Gasteiger partial charge in [-0.1, -0.05) is 19.9 Å². The summed E-state index contributed by atoms with van der Waals surface area (Å²) in [5, 5.41) is 3.62. The van der Waals surface area contributed by atoms with E-state index in [0.29, 0.717) is 5.92 Å². The minimum absolute atomic E-state index is 0.0534. The van der Waals surface area contributed by atoms with E-state index < -0.39 is 0 Å². The Morgan fingerprint density at radius 2 is 2.12 bits per heavy atom. The standard InChI is InChI=1S/C14H20FN/c1-10(2)14(7-4-8-16-14)13-6-5-12(15)9-11(13)3/h5-6,9-10,16H,4,7-8H2,1-3H3. The molecule has 1 unspecified atom stereocenters. The first-order valence-corrected chi connectivity index (χ1v) is 6.08. The fourth-order valence-corrected chi connectivity index (χ4v) is 2.93. The van der Waals surface area contributed by atoms with Gasteiger partial charge in [0.05, 0.1) is 0 Å². The SMILES string of the molecule is Cc1cc(F)ccc1C1(C(C)C)CCCN1. The predicted octanol–water partition coefficient (Wildman–Crippen LogP) is 3.37. The van der Waals surface area contributed by atoms with Gasteiger partial charge in [0.15, 0.2) is 0 Å². The van der Waals surface area contributed by atoms with E-state index in [0.717, 1.165) is 18.5 Å². The number of aryl methyl sites for hydroxylation is 1. The second-order valence-corrected chi connectivity index (χ2v) is 5.12. The molecule has 1 aliphatic heterocycles. The molecule has 1 aromatic carbocycles. The topological polar surface area (TPSA) is 12.0 Å². The van der Waals surface area contributed by atoms with Gasteiger partial charge in [0.25, 0.3) is 0 Å². The van der Waals surface area contributed by atoms with Crippen LogP contribution in [0, 0.1) is 18.7 Å². The van der Waals surface area contributed by atoms with Crippen molar-refractivity contribution in [2.75, 3.05) is 6.54 Å². The summed E-state index contributed by atoms with van der Waals surface area (Å²) in [7, 11) is 0. The quantitative estimate of drug-likeness (QED) is 0.807. The van der Waals surface area contributed by atoms with Gasteiger partial charge in [-0.2, -0.15) is 0 Å². The molecular weight excluding hydrogens is 201 g/mol. The molecule has 1 N–H and O–H groups in total. The van der Waals surface area contributed by atoms with E-state index in [1.807, 2.05) is 13.0 Å². The summed E-state index contributed by atoms with van der Waals surface area (Å²) in [5.41, 5.74) is 2.38. The molecule has 1 fully saturated rings. The highest BCUT2D eigenvalue weighted by Gasteiger charge is 2.38. The van der Waals surface area contributed by atoms with Crippen LogP contribution < -0.4 is 5.32 Å². The van der Waals surface area contributed by atoms with Gasteiger partial charge in [-0.3, -0.25) is 0 Å². The van der Waals surface area contributed by atoms with Crippen molar-refractivity contribution in [1.29, 1.82) is 0 Å². The molecule has 1 nitrogen and oxygen atoms in total. The molecule has 1 atom stereocenters. The smallest absolute Gasteiger partial charge is 0.123 e. The average Bonchev–Trinajstić information content (AvgIpc) is 2.67. The van der Waals surface area contributed by atoms with Crippen LogP contribution in [0.1, 0.15) is 37.8 Å². The third-order valence-corrected chi connectivity index (χ3v) is 3.84. The number of halogens is 1. The second kappa shape index (κ2) is 4.17. The summed E-state index contributed by atoms with van der Waals surface area (Å²) in [6.07, 6.45) is 2.35. The second-order valence-electron chi connectivity index (χ2n) is 5.12. The van der Waals surface area contributed by atoms with Gasteiger partial charge in [0.2, 0.25) is 0 Å². The monoisotopic (exact) mass is 221 g/mol. The molecule has 0 amide bonds. The highest BCUT2D eigenvalue weighted by molar-refractivity contribution is 5.34. The minimum Gasteiger partial charge on any atom is -0.307 e. The van der Waals surface area contributed by atoms with Crippen LogP contribution in [0.4, 0.5) is 4.39 Å². The van der Waals surface area contributed by atoms with Crippen molar-refractivity contribution in [3.8, 4) is 0 Å². The van der Waals surface area contributed by atoms with Gasteiger partial charge in [0, 0.05) is 5.54 Å². The third kappa shape index (κ3) is 1.75. The van der Waals surface area contributed by atoms with Gasteiger partial charge in [-0.15, -0.1) is 0 Å². The molecule has 1 aliphatic rings. The first kappa shape index (κ1) is 11.6. The van der Waals surface area contributed by atoms with Gasteiger partial charge >= 0.3 is 0 Å². The summed E-state index contributed by atoms with van der Waals surface area (Å²) in [6.45, 7) is 7.54. The zero-order valence-corrected chi connectivity index (χ0v) is 10.3. The number of nitrogens with one attached hydrogen (secondary N) is 1. The molecule has 0 aromatic heterocycles. The number of hydrogen-bond donors (Lipinski definition) is 1. The van der Waals surface area contributed by atoms with E-state index in [9.17, 15) is 4.39 Å². The number of rotatable bonds is 2. The molecule has 0 radical (unpaired) electrons. The Morgan fingerprint density at radius 1 is 1.38 bits per heavy atom. The molecule has 0 bridgehead atoms. The summed E-state index contributed by atoms with van der Waals surface area (Å²) in [5.74, 6) is 0.386. The molecule has 0 saturated carbocycles. The van der Waals surface area contributed by atoms with Gasteiger partial charge in [0.1, 0.15) is 5.82 Å². The molecule has 1 saturated heterocycles. The minimum atomic E-state index is -0.141. The third-order valence-electron chi connectivity index (χ3n) is 3.84. The van der Waals surface area contributed by atoms with E-state index >= 15 is 0 Å². The lowest BCUT2D eigenvalue weighted by Crippen LogP contribution is -2.42. The molecule has 0 aliphatic carbocycles. The maximum absolute atomic E-state index is 13.1. The first-order valence-electron chi connectivity index (χ1n) is 6.08.